The van der Waals surface area contributed by atoms with E-state index in [1.165, 1.54) is 36.4 Å². The Morgan fingerprint density at radius 3 is 1.44 bits per heavy atom. The second kappa shape index (κ2) is 21.9. The maximum Gasteiger partial charge on any atom is 1.00 e. The third-order valence-electron chi connectivity index (χ3n) is 6.20. The summed E-state index contributed by atoms with van der Waals surface area (Å²) >= 11 is 0. The van der Waals surface area contributed by atoms with Gasteiger partial charge in [-0.25, -0.2) is 27.7 Å². The van der Waals surface area contributed by atoms with Crippen LogP contribution in [0, 0.1) is 11.6 Å². The summed E-state index contributed by atoms with van der Waals surface area (Å²) in [5.41, 5.74) is -3.09. The van der Waals surface area contributed by atoms with E-state index in [-0.39, 0.29) is 85.1 Å². The van der Waals surface area contributed by atoms with E-state index in [1.807, 2.05) is 0 Å². The molecule has 0 aromatic heterocycles. The van der Waals surface area contributed by atoms with E-state index in [0.29, 0.717) is 18.8 Å². The van der Waals surface area contributed by atoms with E-state index in [1.54, 1.807) is 18.2 Å². The van der Waals surface area contributed by atoms with Crippen LogP contribution < -0.4 is 59.1 Å². The van der Waals surface area contributed by atoms with Crippen LogP contribution in [0.25, 0.3) is 0 Å². The van der Waals surface area contributed by atoms with Crippen LogP contribution in [0.5, 0.6) is 0 Å². The standard InChI is InChI=1S/C12H13FO.C11H13FO5S.CH4O.2Na.O3S.H2O3.H/c1-2-12(14)7-10(8-12)9-3-5-11(13)6-4-9;12-9-3-1-7(2-4-9)8-5-11(14,6-8)10(13)18(15,16)17;1-2;;;1-4(2)3;1-3-2;/h2-6,10,14H,1,7-8H2;1-4,8,10,13-14H,5-6H2,(H,15,16,17);2H,1H3;;;;1-2H;/q;;;2*+1;;;-1/p-1. The average Bonchev–Trinajstić information content (AvgIpc) is 2.87. The van der Waals surface area contributed by atoms with Crippen LogP contribution >= 0.6 is 0 Å². The van der Waals surface area contributed by atoms with E-state index in [4.69, 9.17) is 28.2 Å². The van der Waals surface area contributed by atoms with E-state index < -0.39 is 43.2 Å². The van der Waals surface area contributed by atoms with Gasteiger partial charge in [-0.2, -0.15) is 0 Å². The normalized spacial score (nSPS) is 23.6. The van der Waals surface area contributed by atoms with Crippen molar-refractivity contribution in [2.75, 3.05) is 7.11 Å². The summed E-state index contributed by atoms with van der Waals surface area (Å²) in [6.45, 7) is 3.59. The van der Waals surface area contributed by atoms with Gasteiger partial charge in [0.15, 0.2) is 5.44 Å². The summed E-state index contributed by atoms with van der Waals surface area (Å²) in [4.78, 5) is 0. The fourth-order valence-electron chi connectivity index (χ4n) is 4.17. The minimum Gasteiger partial charge on any atom is -1.00 e. The van der Waals surface area contributed by atoms with Crippen LogP contribution in [0.3, 0.4) is 0 Å². The average molecular weight is 677 g/mol. The first-order valence-electron chi connectivity index (χ1n) is 11.4. The Balaban J connectivity index is -0.000000276. The Hall–Kier alpha value is -0.710. The first-order chi connectivity index (χ1) is 19.0. The van der Waals surface area contributed by atoms with Gasteiger partial charge in [-0.3, -0.25) is 0 Å². The summed E-state index contributed by atoms with van der Waals surface area (Å²) < 4.78 is 82.6. The van der Waals surface area contributed by atoms with Crippen LogP contribution in [0.2, 0.25) is 0 Å². The molecule has 2 saturated carbocycles. The van der Waals surface area contributed by atoms with Crippen LogP contribution in [0.15, 0.2) is 61.2 Å². The molecule has 19 heteroatoms. The summed E-state index contributed by atoms with van der Waals surface area (Å²) in [5, 5.41) is 51.3. The second-order valence-corrected chi connectivity index (χ2v) is 10.7. The molecule has 43 heavy (non-hydrogen) atoms. The molecule has 1 atom stereocenters. The minimum absolute atomic E-state index is 0. The summed E-state index contributed by atoms with van der Waals surface area (Å²) in [6, 6.07) is 12.0. The van der Waals surface area contributed by atoms with Gasteiger partial charge >= 0.3 is 69.7 Å². The van der Waals surface area contributed by atoms with Gasteiger partial charge in [0, 0.05) is 7.11 Å². The van der Waals surface area contributed by atoms with Crippen molar-refractivity contribution in [3.8, 4) is 0 Å². The van der Waals surface area contributed by atoms with Crippen LogP contribution in [0.1, 0.15) is 50.1 Å². The Kier molecular flexibility index (Phi) is 23.8. The third kappa shape index (κ3) is 16.4. The van der Waals surface area contributed by atoms with Crippen molar-refractivity contribution >= 4 is 20.7 Å². The van der Waals surface area contributed by atoms with Crippen molar-refractivity contribution in [1.29, 1.82) is 0 Å². The third-order valence-corrected chi connectivity index (χ3v) is 7.18. The fraction of sp³-hybridized carbons (Fsp3) is 0.417. The molecule has 13 nitrogen and oxygen atoms in total. The number of rotatable bonds is 5. The van der Waals surface area contributed by atoms with E-state index >= 15 is 0 Å². The largest absolute Gasteiger partial charge is 1.00 e. The predicted octanol–water partition coefficient (Wildman–Crippen LogP) is -4.41. The van der Waals surface area contributed by atoms with Crippen molar-refractivity contribution in [1.82, 2.24) is 0 Å². The Morgan fingerprint density at radius 2 is 1.19 bits per heavy atom. The van der Waals surface area contributed by atoms with Crippen molar-refractivity contribution in [2.45, 2.75) is 54.2 Å². The van der Waals surface area contributed by atoms with Crippen molar-refractivity contribution in [2.24, 2.45) is 0 Å². The number of halogens is 2. The molecule has 0 amide bonds. The molecule has 2 fully saturated rings. The molecule has 2 aromatic carbocycles. The molecule has 1 unspecified atom stereocenters. The molecule has 4 rings (SSSR count). The predicted molar refractivity (Wildman–Crippen MR) is 138 cm³/mol. The zero-order valence-electron chi connectivity index (χ0n) is 24.6. The summed E-state index contributed by atoms with van der Waals surface area (Å²) in [7, 11) is -7.05. The molecular weight excluding hydrogens is 644 g/mol. The smallest absolute Gasteiger partial charge is 1.00 e. The number of hydrogen-bond donors (Lipinski definition) is 6. The van der Waals surface area contributed by atoms with E-state index in [9.17, 15) is 37.1 Å². The Bertz CT molecular complexity index is 1290. The molecular formula is C24H32F2Na2O13S2. The zero-order chi connectivity index (χ0) is 32.0. The molecule has 6 N–H and O–H groups in total. The van der Waals surface area contributed by atoms with E-state index in [2.05, 4.69) is 11.6 Å². The van der Waals surface area contributed by atoms with Crippen LogP contribution in [-0.4, -0.2) is 80.3 Å². The molecule has 0 heterocycles. The first-order valence-corrected chi connectivity index (χ1v) is 13.9. The van der Waals surface area contributed by atoms with Gasteiger partial charge in [-0.15, -0.1) is 19.2 Å². The Morgan fingerprint density at radius 1 is 0.907 bits per heavy atom. The first kappa shape index (κ1) is 46.7. The number of hydrogen-bond acceptors (Lipinski definition) is 13. The quantitative estimate of drug-likeness (QED) is 0.0577. The summed E-state index contributed by atoms with van der Waals surface area (Å²) in [5.74, 6) is -0.451. The molecule has 2 aliphatic rings. The number of aliphatic hydroxyl groups excluding tert-OH is 2. The van der Waals surface area contributed by atoms with Crippen LogP contribution in [0.4, 0.5) is 8.78 Å². The monoisotopic (exact) mass is 676 g/mol. The van der Waals surface area contributed by atoms with Gasteiger partial charge in [0.2, 0.25) is 0 Å². The molecule has 0 spiro atoms. The maximum atomic E-state index is 12.7. The SMILES string of the molecule is C=CC1(O)CC(c2ccc(F)cc2)C1.CO.O=S(=O)([O-])C(O)C1(O)CC(c2ccc(F)cc2)C1.O=S(=O)=O.OOO.[H-].[Na+].[Na+]. The Labute approximate surface area is 294 Å². The van der Waals surface area contributed by atoms with E-state index in [0.717, 1.165) is 18.2 Å². The van der Waals surface area contributed by atoms with Gasteiger partial charge in [0.25, 0.3) is 0 Å². The van der Waals surface area contributed by atoms with Gasteiger partial charge in [0.1, 0.15) is 27.4 Å². The molecule has 2 aliphatic carbocycles. The molecule has 0 bridgehead atoms. The van der Waals surface area contributed by atoms with Gasteiger partial charge < -0.3 is 26.4 Å². The molecule has 234 valence electrons. The van der Waals surface area contributed by atoms with Crippen LogP contribution in [-0.2, 0) is 25.8 Å². The van der Waals surface area contributed by atoms with Gasteiger partial charge in [-0.05, 0) is 72.9 Å². The van der Waals surface area contributed by atoms with Gasteiger partial charge in [0.05, 0.1) is 5.60 Å². The molecule has 0 saturated heterocycles. The number of aliphatic hydroxyl groups is 4. The topological polar surface area (TPSA) is 239 Å². The number of benzene rings is 2. The zero-order valence-corrected chi connectivity index (χ0v) is 29.2. The fourth-order valence-corrected chi connectivity index (χ4v) is 4.90. The molecule has 2 aromatic rings. The minimum atomic E-state index is -4.94. The van der Waals surface area contributed by atoms with Crippen molar-refractivity contribution < 1.29 is 131 Å². The maximum absolute atomic E-state index is 12.7. The van der Waals surface area contributed by atoms with Gasteiger partial charge in [-0.1, -0.05) is 35.4 Å². The molecule has 0 radical (unpaired) electrons. The summed E-state index contributed by atoms with van der Waals surface area (Å²) in [6.07, 6.45) is 2.90. The molecule has 0 aliphatic heterocycles. The van der Waals surface area contributed by atoms with Crippen molar-refractivity contribution in [3.05, 3.63) is 83.9 Å². The van der Waals surface area contributed by atoms with Crippen molar-refractivity contribution in [3.63, 3.8) is 0 Å². The second-order valence-electron chi connectivity index (χ2n) is 8.86.